The van der Waals surface area contributed by atoms with Gasteiger partial charge in [-0.3, -0.25) is 4.79 Å². The third-order valence-electron chi connectivity index (χ3n) is 1.97. The molecule has 7 heteroatoms. The molecule has 0 saturated heterocycles. The number of hydrogen-bond donors (Lipinski definition) is 1. The Balaban J connectivity index is 2.18. The van der Waals surface area contributed by atoms with Crippen LogP contribution in [-0.2, 0) is 9.59 Å². The molecule has 18 heavy (non-hydrogen) atoms. The summed E-state index contributed by atoms with van der Waals surface area (Å²) in [5.74, 6) is -2.24. The van der Waals surface area contributed by atoms with Gasteiger partial charge in [-0.2, -0.15) is 0 Å². The molecule has 1 amide bonds. The fourth-order valence-corrected chi connectivity index (χ4v) is 2.03. The number of ether oxygens (including phenoxy) is 1. The van der Waals surface area contributed by atoms with Gasteiger partial charge in [0, 0.05) is 10.6 Å². The Kier molecular flexibility index (Phi) is 3.59. The zero-order chi connectivity index (χ0) is 13.1. The van der Waals surface area contributed by atoms with Gasteiger partial charge in [-0.25, -0.2) is 9.78 Å². The van der Waals surface area contributed by atoms with E-state index in [1.807, 2.05) is 0 Å². The van der Waals surface area contributed by atoms with Crippen LogP contribution in [0.25, 0.3) is 10.6 Å². The Morgan fingerprint density at radius 1 is 1.28 bits per heavy atom. The van der Waals surface area contributed by atoms with Crippen molar-refractivity contribution in [3.8, 4) is 16.5 Å². The van der Waals surface area contributed by atoms with Crippen molar-refractivity contribution in [3.63, 3.8) is 0 Å². The van der Waals surface area contributed by atoms with E-state index in [9.17, 15) is 9.59 Å². The van der Waals surface area contributed by atoms with Gasteiger partial charge < -0.3 is 10.5 Å². The van der Waals surface area contributed by atoms with Crippen molar-refractivity contribution in [2.75, 3.05) is 0 Å². The molecule has 2 N–H and O–H groups in total. The van der Waals surface area contributed by atoms with E-state index >= 15 is 0 Å². The Morgan fingerprint density at radius 2 is 1.94 bits per heavy atom. The number of benzene rings is 1. The van der Waals surface area contributed by atoms with Crippen LogP contribution < -0.4 is 10.5 Å². The molecule has 0 fully saturated rings. The molecule has 0 saturated carbocycles. The molecule has 0 atom stereocenters. The third-order valence-corrected chi connectivity index (χ3v) is 3.09. The topological polar surface area (TPSA) is 82.3 Å². The summed E-state index contributed by atoms with van der Waals surface area (Å²) >= 11 is 7.05. The van der Waals surface area contributed by atoms with Gasteiger partial charge in [0.2, 0.25) is 5.88 Å². The van der Waals surface area contributed by atoms with Crippen molar-refractivity contribution in [1.82, 2.24) is 4.98 Å². The summed E-state index contributed by atoms with van der Waals surface area (Å²) in [5, 5.41) is 2.79. The van der Waals surface area contributed by atoms with Gasteiger partial charge in [0.05, 0.1) is 5.38 Å². The first-order valence-electron chi connectivity index (χ1n) is 4.79. The number of esters is 1. The number of carbonyl (C=O) groups is 2. The highest BCUT2D eigenvalue weighted by Crippen LogP contribution is 2.27. The van der Waals surface area contributed by atoms with Crippen molar-refractivity contribution in [2.24, 2.45) is 5.73 Å². The van der Waals surface area contributed by atoms with Crippen LogP contribution in [0.3, 0.4) is 0 Å². The van der Waals surface area contributed by atoms with E-state index in [0.29, 0.717) is 10.0 Å². The zero-order valence-corrected chi connectivity index (χ0v) is 10.5. The maximum Gasteiger partial charge on any atom is 0.403 e. The fraction of sp³-hybridized carbons (Fsp3) is 0. The number of nitrogens with zero attached hydrogens (tertiary/aromatic N) is 1. The Bertz CT molecular complexity index is 595. The van der Waals surface area contributed by atoms with Crippen LogP contribution in [0.15, 0.2) is 29.6 Å². The van der Waals surface area contributed by atoms with Gasteiger partial charge in [0.1, 0.15) is 5.01 Å². The standard InChI is InChI=1S/C11H7ClN2O3S/c12-7-3-1-6(2-4-7)10-14-8(5-18-10)17-11(16)9(13)15/h1-5H,(H2,13,15). The molecule has 1 heterocycles. The molecule has 2 rings (SSSR count). The highest BCUT2D eigenvalue weighted by molar-refractivity contribution is 7.13. The molecule has 0 aliphatic carbocycles. The van der Waals surface area contributed by atoms with Crippen LogP contribution in [0.4, 0.5) is 0 Å². The molecule has 0 aliphatic heterocycles. The van der Waals surface area contributed by atoms with Gasteiger partial charge in [0.25, 0.3) is 0 Å². The molecular formula is C11H7ClN2O3S. The van der Waals surface area contributed by atoms with Gasteiger partial charge in [-0.1, -0.05) is 23.7 Å². The summed E-state index contributed by atoms with van der Waals surface area (Å²) in [6.07, 6.45) is 0. The van der Waals surface area contributed by atoms with Gasteiger partial charge in [0.15, 0.2) is 0 Å². The predicted molar refractivity (Wildman–Crippen MR) is 67.4 cm³/mol. The third kappa shape index (κ3) is 2.85. The number of halogens is 1. The molecule has 0 spiro atoms. The number of hydrogen-bond acceptors (Lipinski definition) is 5. The van der Waals surface area contributed by atoms with Crippen LogP contribution in [-0.4, -0.2) is 16.9 Å². The first kappa shape index (κ1) is 12.5. The zero-order valence-electron chi connectivity index (χ0n) is 8.92. The van der Waals surface area contributed by atoms with E-state index in [1.165, 1.54) is 16.7 Å². The maximum atomic E-state index is 11.0. The molecule has 5 nitrogen and oxygen atoms in total. The summed E-state index contributed by atoms with van der Waals surface area (Å²) < 4.78 is 4.66. The van der Waals surface area contributed by atoms with E-state index in [0.717, 1.165) is 5.56 Å². The summed E-state index contributed by atoms with van der Waals surface area (Å²) in [4.78, 5) is 25.5. The molecule has 0 unspecified atom stereocenters. The van der Waals surface area contributed by atoms with Crippen LogP contribution in [0.5, 0.6) is 5.88 Å². The molecular weight excluding hydrogens is 276 g/mol. The normalized spacial score (nSPS) is 10.1. The summed E-state index contributed by atoms with van der Waals surface area (Å²) in [6, 6.07) is 7.04. The van der Waals surface area contributed by atoms with Crippen LogP contribution in [0, 0.1) is 0 Å². The Morgan fingerprint density at radius 3 is 2.56 bits per heavy atom. The van der Waals surface area contributed by atoms with E-state index in [2.05, 4.69) is 9.72 Å². The van der Waals surface area contributed by atoms with Gasteiger partial charge in [-0.05, 0) is 12.1 Å². The SMILES string of the molecule is NC(=O)C(=O)Oc1csc(-c2ccc(Cl)cc2)n1. The van der Waals surface area contributed by atoms with Gasteiger partial charge >= 0.3 is 11.9 Å². The molecule has 1 aromatic heterocycles. The first-order chi connectivity index (χ1) is 8.56. The van der Waals surface area contributed by atoms with E-state index in [4.69, 9.17) is 17.3 Å². The smallest absolute Gasteiger partial charge is 0.399 e. The lowest BCUT2D eigenvalue weighted by Crippen LogP contribution is -2.27. The van der Waals surface area contributed by atoms with Crippen molar-refractivity contribution >= 4 is 34.8 Å². The maximum absolute atomic E-state index is 11.0. The van der Waals surface area contributed by atoms with Crippen LogP contribution >= 0.6 is 22.9 Å². The second-order valence-electron chi connectivity index (χ2n) is 3.25. The van der Waals surface area contributed by atoms with E-state index < -0.39 is 11.9 Å². The minimum absolute atomic E-state index is 0.0498. The molecule has 2 aromatic rings. The molecule has 0 radical (unpaired) electrons. The molecule has 1 aromatic carbocycles. The predicted octanol–water partition coefficient (Wildman–Crippen LogP) is 1.85. The summed E-state index contributed by atoms with van der Waals surface area (Å²) in [5.41, 5.74) is 5.60. The number of thiazole rings is 1. The minimum atomic E-state index is -1.16. The monoisotopic (exact) mass is 282 g/mol. The molecule has 92 valence electrons. The lowest BCUT2D eigenvalue weighted by molar-refractivity contribution is -0.146. The van der Waals surface area contributed by atoms with Crippen molar-refractivity contribution in [1.29, 1.82) is 0 Å². The lowest BCUT2D eigenvalue weighted by atomic mass is 10.2. The largest absolute Gasteiger partial charge is 0.403 e. The summed E-state index contributed by atoms with van der Waals surface area (Å²) in [6.45, 7) is 0. The number of rotatable bonds is 2. The first-order valence-corrected chi connectivity index (χ1v) is 6.05. The fourth-order valence-electron chi connectivity index (χ4n) is 1.18. The van der Waals surface area contributed by atoms with Crippen molar-refractivity contribution in [2.45, 2.75) is 0 Å². The van der Waals surface area contributed by atoms with Crippen molar-refractivity contribution in [3.05, 3.63) is 34.7 Å². The van der Waals surface area contributed by atoms with Crippen LogP contribution in [0.2, 0.25) is 5.02 Å². The highest BCUT2D eigenvalue weighted by atomic mass is 35.5. The average Bonchev–Trinajstić information content (AvgIpc) is 2.78. The Labute approximate surface area is 111 Å². The molecule has 0 bridgehead atoms. The second-order valence-corrected chi connectivity index (χ2v) is 4.55. The number of aromatic nitrogens is 1. The minimum Gasteiger partial charge on any atom is -0.399 e. The second kappa shape index (κ2) is 5.16. The number of amides is 1. The van der Waals surface area contributed by atoms with Crippen LogP contribution in [0.1, 0.15) is 0 Å². The van der Waals surface area contributed by atoms with Gasteiger partial charge in [-0.15, -0.1) is 11.3 Å². The number of nitrogens with two attached hydrogens (primary N) is 1. The van der Waals surface area contributed by atoms with E-state index in [-0.39, 0.29) is 5.88 Å². The lowest BCUT2D eigenvalue weighted by Gasteiger charge is -1.96. The molecule has 0 aliphatic rings. The number of carbonyl (C=O) groups excluding carboxylic acids is 2. The average molecular weight is 283 g/mol. The van der Waals surface area contributed by atoms with E-state index in [1.54, 1.807) is 24.3 Å². The summed E-state index contributed by atoms with van der Waals surface area (Å²) in [7, 11) is 0. The highest BCUT2D eigenvalue weighted by Gasteiger charge is 2.14. The van der Waals surface area contributed by atoms with Crippen molar-refractivity contribution < 1.29 is 14.3 Å². The number of primary amides is 1. The Hall–Kier alpha value is -1.92. The quantitative estimate of drug-likeness (QED) is 0.673.